The largest absolute Gasteiger partial charge is 0.393 e. The van der Waals surface area contributed by atoms with Crippen molar-refractivity contribution in [1.82, 2.24) is 24.8 Å². The fraction of sp³-hybridized carbons (Fsp3) is 0.538. The van der Waals surface area contributed by atoms with Gasteiger partial charge in [-0.15, -0.1) is 0 Å². The molecule has 5 rings (SSSR count). The zero-order valence-electron chi connectivity index (χ0n) is 20.3. The highest BCUT2D eigenvalue weighted by atomic mass is 19.4. The maximum absolute atomic E-state index is 12.6. The molecular formula is C26H33F3N6O. The van der Waals surface area contributed by atoms with Gasteiger partial charge in [-0.25, -0.2) is 4.98 Å². The first-order valence-corrected chi connectivity index (χ1v) is 12.7. The average Bonchev–Trinajstić information content (AvgIpc) is 3.23. The van der Waals surface area contributed by atoms with Crippen LogP contribution in [0.1, 0.15) is 43.7 Å². The van der Waals surface area contributed by atoms with Crippen LogP contribution in [0.25, 0.3) is 22.2 Å². The molecule has 1 aliphatic carbocycles. The molecular weight excluding hydrogens is 469 g/mol. The fourth-order valence-corrected chi connectivity index (χ4v) is 5.24. The molecule has 0 unspecified atom stereocenters. The third-order valence-corrected chi connectivity index (χ3v) is 7.18. The number of aliphatic hydroxyl groups is 1. The molecule has 3 heterocycles. The summed E-state index contributed by atoms with van der Waals surface area (Å²) in [6.45, 7) is 4.66. The summed E-state index contributed by atoms with van der Waals surface area (Å²) in [7, 11) is 0. The predicted octanol–water partition coefficient (Wildman–Crippen LogP) is 4.34. The van der Waals surface area contributed by atoms with Gasteiger partial charge in [-0.2, -0.15) is 18.2 Å². The van der Waals surface area contributed by atoms with Crippen molar-refractivity contribution in [2.24, 2.45) is 0 Å². The van der Waals surface area contributed by atoms with Gasteiger partial charge in [0.25, 0.3) is 0 Å². The number of benzene rings is 1. The lowest BCUT2D eigenvalue weighted by atomic mass is 9.93. The number of hydrogen-bond donors (Lipinski definition) is 3. The molecule has 0 atom stereocenters. The molecule has 10 heteroatoms. The van der Waals surface area contributed by atoms with E-state index in [4.69, 9.17) is 0 Å². The Morgan fingerprint density at radius 1 is 1.11 bits per heavy atom. The maximum atomic E-state index is 12.6. The van der Waals surface area contributed by atoms with Gasteiger partial charge < -0.3 is 20.3 Å². The van der Waals surface area contributed by atoms with Gasteiger partial charge in [-0.3, -0.25) is 4.90 Å². The molecule has 1 aliphatic heterocycles. The summed E-state index contributed by atoms with van der Waals surface area (Å²) in [4.78, 5) is 11.4. The third kappa shape index (κ3) is 5.99. The van der Waals surface area contributed by atoms with Gasteiger partial charge in [-0.05, 0) is 42.9 Å². The minimum atomic E-state index is -4.23. The van der Waals surface area contributed by atoms with E-state index in [1.807, 2.05) is 0 Å². The quantitative estimate of drug-likeness (QED) is 0.446. The van der Waals surface area contributed by atoms with Crippen LogP contribution in [0, 0.1) is 0 Å². The highest BCUT2D eigenvalue weighted by molar-refractivity contribution is 5.94. The smallest absolute Gasteiger partial charge is 0.390 e. The van der Waals surface area contributed by atoms with E-state index in [1.54, 1.807) is 6.20 Å². The first-order chi connectivity index (χ1) is 17.4. The van der Waals surface area contributed by atoms with Crippen LogP contribution in [0.3, 0.4) is 0 Å². The molecule has 0 radical (unpaired) electrons. The van der Waals surface area contributed by atoms with Crippen molar-refractivity contribution in [3.05, 3.63) is 42.2 Å². The van der Waals surface area contributed by atoms with Crippen molar-refractivity contribution in [1.29, 1.82) is 0 Å². The van der Waals surface area contributed by atoms with E-state index in [0.29, 0.717) is 5.65 Å². The lowest BCUT2D eigenvalue weighted by Crippen LogP contribution is -2.42. The Morgan fingerprint density at radius 2 is 1.89 bits per heavy atom. The summed E-state index contributed by atoms with van der Waals surface area (Å²) >= 11 is 0. The third-order valence-electron chi connectivity index (χ3n) is 7.18. The first kappa shape index (κ1) is 25.0. The number of halogens is 3. The molecule has 2 aliphatic rings. The second kappa shape index (κ2) is 10.7. The number of piperazine rings is 1. The number of rotatable bonds is 7. The van der Waals surface area contributed by atoms with Crippen molar-refractivity contribution in [2.75, 3.05) is 38.0 Å². The van der Waals surface area contributed by atoms with Gasteiger partial charge in [0.2, 0.25) is 5.95 Å². The molecule has 1 aromatic carbocycles. The number of alkyl halides is 3. The van der Waals surface area contributed by atoms with Crippen LogP contribution in [-0.2, 0) is 6.54 Å². The minimum absolute atomic E-state index is 0.173. The summed E-state index contributed by atoms with van der Waals surface area (Å²) in [6.07, 6.45) is 1.46. The van der Waals surface area contributed by atoms with Crippen LogP contribution in [-0.4, -0.2) is 69.5 Å². The Balaban J connectivity index is 1.46. The van der Waals surface area contributed by atoms with Gasteiger partial charge in [-0.1, -0.05) is 18.2 Å². The average molecular weight is 503 g/mol. The lowest BCUT2D eigenvalue weighted by Gasteiger charge is -2.27. The van der Waals surface area contributed by atoms with Crippen LogP contribution in [0.5, 0.6) is 0 Å². The molecule has 3 N–H and O–H groups in total. The summed E-state index contributed by atoms with van der Waals surface area (Å²) < 4.78 is 40.0. The number of anilines is 1. The Kier molecular flexibility index (Phi) is 7.45. The normalized spacial score (nSPS) is 21.7. The first-order valence-electron chi connectivity index (χ1n) is 12.7. The molecule has 36 heavy (non-hydrogen) atoms. The second-order valence-corrected chi connectivity index (χ2v) is 9.86. The van der Waals surface area contributed by atoms with Crippen molar-refractivity contribution in [3.63, 3.8) is 0 Å². The van der Waals surface area contributed by atoms with Crippen molar-refractivity contribution in [3.8, 4) is 11.1 Å². The number of nitrogens with zero attached hydrogens (tertiary/aromatic N) is 4. The molecule has 0 bridgehead atoms. The lowest BCUT2D eigenvalue weighted by molar-refractivity contribution is -0.131. The summed E-state index contributed by atoms with van der Waals surface area (Å²) in [5, 5.41) is 17.0. The summed E-state index contributed by atoms with van der Waals surface area (Å²) in [5.74, 6) is 0.195. The molecule has 0 spiro atoms. The molecule has 2 aromatic heterocycles. The summed E-state index contributed by atoms with van der Waals surface area (Å²) in [5.41, 5.74) is 4.04. The Labute approximate surface area is 208 Å². The molecule has 194 valence electrons. The van der Waals surface area contributed by atoms with Crippen LogP contribution in [0.15, 0.2) is 36.7 Å². The summed E-state index contributed by atoms with van der Waals surface area (Å²) in [6, 6.07) is 8.68. The van der Waals surface area contributed by atoms with E-state index in [-0.39, 0.29) is 24.6 Å². The van der Waals surface area contributed by atoms with E-state index in [9.17, 15) is 18.3 Å². The van der Waals surface area contributed by atoms with Gasteiger partial charge in [0, 0.05) is 68.7 Å². The molecule has 1 saturated carbocycles. The van der Waals surface area contributed by atoms with Crippen molar-refractivity contribution in [2.45, 2.75) is 57.0 Å². The van der Waals surface area contributed by atoms with Gasteiger partial charge in [0.15, 0.2) is 0 Å². The van der Waals surface area contributed by atoms with Gasteiger partial charge >= 0.3 is 6.18 Å². The number of hydrogen-bond acceptors (Lipinski definition) is 6. The van der Waals surface area contributed by atoms with E-state index in [1.165, 1.54) is 5.56 Å². The SMILES string of the molecule is O[C@H]1CC[C@H](n2cc(-c3cccc(CN4CCNCC4)c3)c3cnc(NCCC(F)(F)F)nc32)CC1. The van der Waals surface area contributed by atoms with Crippen molar-refractivity contribution >= 4 is 17.0 Å². The van der Waals surface area contributed by atoms with Crippen LogP contribution < -0.4 is 10.6 Å². The molecule has 7 nitrogen and oxygen atoms in total. The minimum Gasteiger partial charge on any atom is -0.393 e. The molecule has 2 fully saturated rings. The number of aliphatic hydroxyl groups excluding tert-OH is 1. The highest BCUT2D eigenvalue weighted by Gasteiger charge is 2.27. The standard InChI is InChI=1S/C26H33F3N6O/c27-26(28,29)8-9-31-25-32-15-22-23(17-35(24(22)33-25)20-4-6-21(36)7-5-20)19-3-1-2-18(14-19)16-34-12-10-30-11-13-34/h1-3,14-15,17,20-21,30,36H,4-13,16H2,(H,31,32,33)/t20-,21-. The van der Waals surface area contributed by atoms with Gasteiger partial charge in [0.05, 0.1) is 12.5 Å². The molecule has 3 aromatic rings. The topological polar surface area (TPSA) is 78.2 Å². The number of fused-ring (bicyclic) bond motifs is 1. The van der Waals surface area contributed by atoms with E-state index < -0.39 is 12.6 Å². The van der Waals surface area contributed by atoms with Crippen LogP contribution in [0.4, 0.5) is 19.1 Å². The van der Waals surface area contributed by atoms with Crippen LogP contribution >= 0.6 is 0 Å². The maximum Gasteiger partial charge on any atom is 0.390 e. The Morgan fingerprint density at radius 3 is 2.64 bits per heavy atom. The van der Waals surface area contributed by atoms with E-state index in [0.717, 1.165) is 74.9 Å². The van der Waals surface area contributed by atoms with E-state index in [2.05, 4.69) is 60.5 Å². The Hall–Kier alpha value is -2.69. The van der Waals surface area contributed by atoms with Crippen molar-refractivity contribution < 1.29 is 18.3 Å². The fourth-order valence-electron chi connectivity index (χ4n) is 5.24. The van der Waals surface area contributed by atoms with Crippen LogP contribution in [0.2, 0.25) is 0 Å². The second-order valence-electron chi connectivity index (χ2n) is 9.86. The molecule has 0 amide bonds. The zero-order chi connectivity index (χ0) is 25.1. The Bertz CT molecular complexity index is 1170. The zero-order valence-corrected chi connectivity index (χ0v) is 20.3. The number of aromatic nitrogens is 3. The van der Waals surface area contributed by atoms with E-state index >= 15 is 0 Å². The predicted molar refractivity (Wildman–Crippen MR) is 134 cm³/mol. The monoisotopic (exact) mass is 502 g/mol. The van der Waals surface area contributed by atoms with Gasteiger partial charge in [0.1, 0.15) is 5.65 Å². The molecule has 1 saturated heterocycles. The number of nitrogens with one attached hydrogen (secondary N) is 2. The highest BCUT2D eigenvalue weighted by Crippen LogP contribution is 2.37.